The Morgan fingerprint density at radius 3 is 2.61 bits per heavy atom. The first-order chi connectivity index (χ1) is 8.77. The summed E-state index contributed by atoms with van der Waals surface area (Å²) in [6.45, 7) is 4.00. The second kappa shape index (κ2) is 5.23. The predicted octanol–water partition coefficient (Wildman–Crippen LogP) is 3.84. The van der Waals surface area contributed by atoms with E-state index in [4.69, 9.17) is 17.3 Å². The van der Waals surface area contributed by atoms with Crippen molar-refractivity contribution in [1.82, 2.24) is 0 Å². The number of fused-ring (bicyclic) bond motifs is 3. The Morgan fingerprint density at radius 2 is 1.83 bits per heavy atom. The summed E-state index contributed by atoms with van der Waals surface area (Å²) in [7, 11) is 0. The summed E-state index contributed by atoms with van der Waals surface area (Å²) in [4.78, 5) is 0. The van der Waals surface area contributed by atoms with Gasteiger partial charge in [-0.3, -0.25) is 0 Å². The Morgan fingerprint density at radius 1 is 1.06 bits per heavy atom. The minimum Gasteiger partial charge on any atom is -0.398 e. The van der Waals surface area contributed by atoms with Gasteiger partial charge in [-0.1, -0.05) is 31.5 Å². The zero-order valence-electron chi connectivity index (χ0n) is 10.5. The summed E-state index contributed by atoms with van der Waals surface area (Å²) in [5.41, 5.74) is 8.84. The van der Waals surface area contributed by atoms with Gasteiger partial charge in [-0.15, -0.1) is 0 Å². The number of halogens is 1. The number of rotatable bonds is 0. The number of anilines is 1. The lowest BCUT2D eigenvalue weighted by atomic mass is 10.1. The highest BCUT2D eigenvalue weighted by Crippen LogP contribution is 2.27. The van der Waals surface area contributed by atoms with Crippen LogP contribution in [0.4, 0.5) is 5.69 Å². The van der Waals surface area contributed by atoms with Crippen molar-refractivity contribution in [3.05, 3.63) is 53.7 Å². The lowest BCUT2D eigenvalue weighted by Gasteiger charge is -2.02. The molecule has 0 radical (unpaired) electrons. The van der Waals surface area contributed by atoms with E-state index in [1.54, 1.807) is 0 Å². The average Bonchev–Trinajstić information content (AvgIpc) is 2.41. The van der Waals surface area contributed by atoms with Crippen LogP contribution in [0.1, 0.15) is 13.8 Å². The highest BCUT2D eigenvalue weighted by molar-refractivity contribution is 6.36. The standard InChI is InChI=1S/C13H9ClN2.C2H6/c14-10-5-3-6-12-13(10)11(15)8-9-4-1-2-7-16(9)12;1-2/h1-8,15H;1-2H3/p+1. The van der Waals surface area contributed by atoms with E-state index in [0.717, 1.165) is 16.4 Å². The highest BCUT2D eigenvalue weighted by atomic mass is 35.5. The van der Waals surface area contributed by atoms with E-state index in [9.17, 15) is 0 Å². The van der Waals surface area contributed by atoms with Crippen molar-refractivity contribution in [2.75, 3.05) is 5.73 Å². The predicted molar refractivity (Wildman–Crippen MR) is 77.9 cm³/mol. The van der Waals surface area contributed by atoms with Crippen molar-refractivity contribution >= 4 is 33.7 Å². The quantitative estimate of drug-likeness (QED) is 0.483. The summed E-state index contributed by atoms with van der Waals surface area (Å²) in [5.74, 6) is 0. The molecule has 0 unspecified atom stereocenters. The molecule has 3 heteroatoms. The third-order valence-corrected chi connectivity index (χ3v) is 3.05. The lowest BCUT2D eigenvalue weighted by molar-refractivity contribution is -0.481. The molecule has 1 aromatic carbocycles. The number of hydrogen-bond acceptors (Lipinski definition) is 1. The molecular weight excluding hydrogens is 244 g/mol. The molecule has 0 fully saturated rings. The Balaban J connectivity index is 0.000000574. The topological polar surface area (TPSA) is 30.1 Å². The molecule has 0 spiro atoms. The van der Waals surface area contributed by atoms with Crippen LogP contribution in [0, 0.1) is 0 Å². The number of nitrogens with two attached hydrogens (primary N) is 1. The van der Waals surface area contributed by atoms with Crippen LogP contribution in [0.3, 0.4) is 0 Å². The van der Waals surface area contributed by atoms with Gasteiger partial charge in [0.05, 0.1) is 16.1 Å². The van der Waals surface area contributed by atoms with E-state index in [-0.39, 0.29) is 0 Å². The van der Waals surface area contributed by atoms with Gasteiger partial charge >= 0.3 is 0 Å². The molecule has 0 saturated heterocycles. The molecule has 3 rings (SSSR count). The van der Waals surface area contributed by atoms with Gasteiger partial charge < -0.3 is 5.73 Å². The van der Waals surface area contributed by atoms with E-state index >= 15 is 0 Å². The maximum Gasteiger partial charge on any atom is 0.222 e. The second-order valence-electron chi connectivity index (χ2n) is 3.73. The van der Waals surface area contributed by atoms with E-state index in [1.165, 1.54) is 0 Å². The Bertz CT molecular complexity index is 692. The fraction of sp³-hybridized carbons (Fsp3) is 0.133. The Labute approximate surface area is 112 Å². The molecule has 2 N–H and O–H groups in total. The van der Waals surface area contributed by atoms with Gasteiger partial charge in [-0.05, 0) is 12.1 Å². The number of pyridine rings is 2. The maximum absolute atomic E-state index is 6.17. The van der Waals surface area contributed by atoms with E-state index < -0.39 is 0 Å². The number of benzene rings is 1. The van der Waals surface area contributed by atoms with Crippen molar-refractivity contribution in [2.24, 2.45) is 0 Å². The minimum absolute atomic E-state index is 0.688. The van der Waals surface area contributed by atoms with Crippen molar-refractivity contribution in [2.45, 2.75) is 13.8 Å². The summed E-state index contributed by atoms with van der Waals surface area (Å²) in [6, 6.07) is 13.8. The van der Waals surface area contributed by atoms with Gasteiger partial charge in [0.25, 0.3) is 0 Å². The van der Waals surface area contributed by atoms with Crippen LogP contribution in [0.25, 0.3) is 16.4 Å². The third-order valence-electron chi connectivity index (χ3n) is 2.73. The number of aromatic nitrogens is 1. The summed E-state index contributed by atoms with van der Waals surface area (Å²) in [6.07, 6.45) is 2.01. The molecule has 0 atom stereocenters. The Hall–Kier alpha value is -1.80. The monoisotopic (exact) mass is 259 g/mol. The van der Waals surface area contributed by atoms with Crippen LogP contribution in [0.2, 0.25) is 5.02 Å². The van der Waals surface area contributed by atoms with Crippen molar-refractivity contribution in [1.29, 1.82) is 0 Å². The number of hydrogen-bond donors (Lipinski definition) is 1. The highest BCUT2D eigenvalue weighted by Gasteiger charge is 2.13. The average molecular weight is 260 g/mol. The molecule has 0 saturated carbocycles. The van der Waals surface area contributed by atoms with Gasteiger partial charge in [0, 0.05) is 24.3 Å². The largest absolute Gasteiger partial charge is 0.398 e. The first-order valence-corrected chi connectivity index (χ1v) is 6.42. The molecule has 0 aliphatic carbocycles. The van der Waals surface area contributed by atoms with Crippen LogP contribution in [0.5, 0.6) is 0 Å². The van der Waals surface area contributed by atoms with E-state index in [1.807, 2.05) is 62.5 Å². The first-order valence-electron chi connectivity index (χ1n) is 6.04. The zero-order valence-corrected chi connectivity index (χ0v) is 11.3. The van der Waals surface area contributed by atoms with E-state index in [0.29, 0.717) is 10.7 Å². The van der Waals surface area contributed by atoms with Gasteiger partial charge in [-0.2, -0.15) is 4.40 Å². The fourth-order valence-electron chi connectivity index (χ4n) is 2.02. The second-order valence-corrected chi connectivity index (χ2v) is 4.14. The summed E-state index contributed by atoms with van der Waals surface area (Å²) >= 11 is 6.17. The first kappa shape index (κ1) is 12.7. The van der Waals surface area contributed by atoms with Crippen LogP contribution >= 0.6 is 11.6 Å². The molecule has 0 aliphatic rings. The molecule has 92 valence electrons. The van der Waals surface area contributed by atoms with E-state index in [2.05, 4.69) is 4.40 Å². The van der Waals surface area contributed by atoms with Gasteiger partial charge in [0.1, 0.15) is 0 Å². The molecule has 0 aliphatic heterocycles. The SMILES string of the molecule is CC.Nc1cc2cccc[n+]2c2cccc(Cl)c12. The molecule has 0 bridgehead atoms. The molecule has 2 heterocycles. The lowest BCUT2D eigenvalue weighted by Crippen LogP contribution is -2.22. The molecule has 18 heavy (non-hydrogen) atoms. The fourth-order valence-corrected chi connectivity index (χ4v) is 2.30. The summed E-state index contributed by atoms with van der Waals surface area (Å²) < 4.78 is 2.08. The summed E-state index contributed by atoms with van der Waals surface area (Å²) in [5, 5.41) is 1.60. The smallest absolute Gasteiger partial charge is 0.222 e. The molecular formula is C15H16ClN2+. The number of nitrogens with zero attached hydrogens (tertiary/aromatic N) is 1. The van der Waals surface area contributed by atoms with Crippen LogP contribution in [-0.2, 0) is 0 Å². The third kappa shape index (κ3) is 2.00. The van der Waals surface area contributed by atoms with Crippen LogP contribution < -0.4 is 10.1 Å². The van der Waals surface area contributed by atoms with Gasteiger partial charge in [0.2, 0.25) is 11.0 Å². The van der Waals surface area contributed by atoms with Crippen LogP contribution in [-0.4, -0.2) is 0 Å². The van der Waals surface area contributed by atoms with Crippen LogP contribution in [0.15, 0.2) is 48.7 Å². The Kier molecular flexibility index (Phi) is 3.68. The van der Waals surface area contributed by atoms with Crippen molar-refractivity contribution < 1.29 is 4.40 Å². The minimum atomic E-state index is 0.688. The normalized spacial score (nSPS) is 10.2. The zero-order chi connectivity index (χ0) is 13.1. The van der Waals surface area contributed by atoms with Crippen molar-refractivity contribution in [3.63, 3.8) is 0 Å². The van der Waals surface area contributed by atoms with Crippen molar-refractivity contribution in [3.8, 4) is 0 Å². The van der Waals surface area contributed by atoms with Gasteiger partial charge in [-0.25, -0.2) is 0 Å². The molecule has 3 aromatic rings. The number of nitrogen functional groups attached to an aromatic ring is 1. The molecule has 2 aromatic heterocycles. The molecule has 0 amide bonds. The maximum atomic E-state index is 6.17. The van der Waals surface area contributed by atoms with Gasteiger partial charge in [0.15, 0.2) is 6.20 Å². The molecule has 2 nitrogen and oxygen atoms in total.